The monoisotopic (exact) mass is 376 g/mol. The molecular formula is C20H16N4O4. The second kappa shape index (κ2) is 6.73. The summed E-state index contributed by atoms with van der Waals surface area (Å²) >= 11 is 0. The number of hydrogen-bond donors (Lipinski definition) is 2. The van der Waals surface area contributed by atoms with Crippen molar-refractivity contribution >= 4 is 22.6 Å². The number of hydrogen-bond acceptors (Lipinski definition) is 6. The summed E-state index contributed by atoms with van der Waals surface area (Å²) in [5.41, 5.74) is 3.26. The Morgan fingerprint density at radius 2 is 2.00 bits per heavy atom. The molecule has 8 nitrogen and oxygen atoms in total. The van der Waals surface area contributed by atoms with Crippen molar-refractivity contribution in [3.05, 3.63) is 54.6 Å². The second-order valence-electron chi connectivity index (χ2n) is 6.41. The fraction of sp³-hybridized carbons (Fsp3) is 0.150. The number of rotatable bonds is 4. The lowest BCUT2D eigenvalue weighted by Gasteiger charge is -2.18. The van der Waals surface area contributed by atoms with Crippen molar-refractivity contribution in [2.45, 2.75) is 6.42 Å². The first-order valence-electron chi connectivity index (χ1n) is 8.81. The zero-order chi connectivity index (χ0) is 18.9. The van der Waals surface area contributed by atoms with Crippen LogP contribution < -0.4 is 14.8 Å². The highest BCUT2D eigenvalue weighted by Crippen LogP contribution is 2.31. The Kier molecular flexibility index (Phi) is 3.93. The van der Waals surface area contributed by atoms with Gasteiger partial charge in [-0.2, -0.15) is 5.10 Å². The highest BCUT2D eigenvalue weighted by atomic mass is 16.6. The molecule has 8 heteroatoms. The SMILES string of the molecule is O=C(Cc1ccc2c(c1)OCCO2)Nc1n[nH]c2ccc(-c3cocn3)cc12. The Bertz CT molecular complexity index is 1150. The average molecular weight is 376 g/mol. The second-order valence-corrected chi connectivity index (χ2v) is 6.41. The quantitative estimate of drug-likeness (QED) is 0.567. The summed E-state index contributed by atoms with van der Waals surface area (Å²) in [6, 6.07) is 11.2. The molecule has 1 aliphatic rings. The first kappa shape index (κ1) is 16.4. The lowest BCUT2D eigenvalue weighted by molar-refractivity contribution is -0.115. The van der Waals surface area contributed by atoms with Crippen molar-refractivity contribution in [2.24, 2.45) is 0 Å². The molecule has 3 heterocycles. The Labute approximate surface area is 159 Å². The van der Waals surface area contributed by atoms with E-state index >= 15 is 0 Å². The molecule has 1 amide bonds. The van der Waals surface area contributed by atoms with E-state index in [4.69, 9.17) is 13.9 Å². The maximum atomic E-state index is 12.5. The van der Waals surface area contributed by atoms with Crippen LogP contribution in [0.3, 0.4) is 0 Å². The third-order valence-corrected chi connectivity index (χ3v) is 4.52. The van der Waals surface area contributed by atoms with Gasteiger partial charge in [-0.25, -0.2) is 4.98 Å². The highest BCUT2D eigenvalue weighted by molar-refractivity contribution is 6.01. The normalized spacial score (nSPS) is 12.9. The van der Waals surface area contributed by atoms with Gasteiger partial charge in [0, 0.05) is 10.9 Å². The number of fused-ring (bicyclic) bond motifs is 2. The van der Waals surface area contributed by atoms with Crippen molar-refractivity contribution in [3.8, 4) is 22.8 Å². The number of nitrogens with zero attached hydrogens (tertiary/aromatic N) is 2. The van der Waals surface area contributed by atoms with Gasteiger partial charge in [0.05, 0.1) is 11.9 Å². The molecule has 2 N–H and O–H groups in total. The fourth-order valence-electron chi connectivity index (χ4n) is 3.18. The van der Waals surface area contributed by atoms with Gasteiger partial charge in [0.1, 0.15) is 25.2 Å². The standard InChI is InChI=1S/C20H16N4O4/c25-19(8-12-1-4-17-18(7-12)28-6-5-27-17)22-20-14-9-13(16-10-26-11-21-16)2-3-15(14)23-24-20/h1-4,7,9-11H,5-6,8H2,(H2,22,23,24,25). The molecule has 0 saturated heterocycles. The Morgan fingerprint density at radius 1 is 1.11 bits per heavy atom. The molecule has 140 valence electrons. The average Bonchev–Trinajstić information content (AvgIpc) is 3.38. The lowest BCUT2D eigenvalue weighted by atomic mass is 10.1. The molecule has 28 heavy (non-hydrogen) atoms. The molecule has 5 rings (SSSR count). The van der Waals surface area contributed by atoms with Gasteiger partial charge in [-0.3, -0.25) is 9.89 Å². The number of nitrogens with one attached hydrogen (secondary N) is 2. The van der Waals surface area contributed by atoms with E-state index in [2.05, 4.69) is 20.5 Å². The number of oxazole rings is 1. The van der Waals surface area contributed by atoms with Crippen LogP contribution in [0.2, 0.25) is 0 Å². The predicted octanol–water partition coefficient (Wildman–Crippen LogP) is 3.17. The Balaban J connectivity index is 1.36. The molecule has 0 bridgehead atoms. The summed E-state index contributed by atoms with van der Waals surface area (Å²) in [5, 5.41) is 10.8. The maximum Gasteiger partial charge on any atom is 0.230 e. The minimum Gasteiger partial charge on any atom is -0.486 e. The van der Waals surface area contributed by atoms with Crippen molar-refractivity contribution in [3.63, 3.8) is 0 Å². The number of amides is 1. The van der Waals surface area contributed by atoms with E-state index in [1.165, 1.54) is 6.39 Å². The van der Waals surface area contributed by atoms with Gasteiger partial charge in [-0.1, -0.05) is 12.1 Å². The number of carbonyl (C=O) groups excluding carboxylic acids is 1. The van der Waals surface area contributed by atoms with Crippen LogP contribution in [0.15, 0.2) is 53.5 Å². The predicted molar refractivity (Wildman–Crippen MR) is 101 cm³/mol. The zero-order valence-electron chi connectivity index (χ0n) is 14.8. The molecule has 0 fully saturated rings. The molecule has 1 aliphatic heterocycles. The molecular weight excluding hydrogens is 360 g/mol. The van der Waals surface area contributed by atoms with Gasteiger partial charge in [0.2, 0.25) is 5.91 Å². The van der Waals surface area contributed by atoms with Crippen molar-refractivity contribution in [1.82, 2.24) is 15.2 Å². The number of ether oxygens (including phenoxy) is 2. The van der Waals surface area contributed by atoms with Gasteiger partial charge in [0.25, 0.3) is 0 Å². The summed E-state index contributed by atoms with van der Waals surface area (Å²) < 4.78 is 16.1. The van der Waals surface area contributed by atoms with Crippen LogP contribution in [0.5, 0.6) is 11.5 Å². The number of aromatic amines is 1. The molecule has 0 saturated carbocycles. The van der Waals surface area contributed by atoms with Gasteiger partial charge in [-0.05, 0) is 29.8 Å². The first-order valence-corrected chi connectivity index (χ1v) is 8.81. The van der Waals surface area contributed by atoms with E-state index in [0.29, 0.717) is 30.5 Å². The summed E-state index contributed by atoms with van der Waals surface area (Å²) in [7, 11) is 0. The fourth-order valence-corrected chi connectivity index (χ4v) is 3.18. The van der Waals surface area contributed by atoms with Crippen molar-refractivity contribution < 1.29 is 18.7 Å². The molecule has 0 spiro atoms. The number of anilines is 1. The minimum atomic E-state index is -0.170. The number of H-pyrrole nitrogens is 1. The molecule has 2 aromatic heterocycles. The molecule has 0 unspecified atom stereocenters. The molecule has 4 aromatic rings. The minimum absolute atomic E-state index is 0.170. The Hall–Kier alpha value is -3.81. The zero-order valence-corrected chi connectivity index (χ0v) is 14.8. The van der Waals surface area contributed by atoms with Crippen molar-refractivity contribution in [1.29, 1.82) is 0 Å². The third kappa shape index (κ3) is 3.05. The van der Waals surface area contributed by atoms with E-state index in [0.717, 1.165) is 27.7 Å². The first-order chi connectivity index (χ1) is 13.8. The van der Waals surface area contributed by atoms with Crippen LogP contribution in [0.1, 0.15) is 5.56 Å². The Morgan fingerprint density at radius 3 is 2.86 bits per heavy atom. The van der Waals surface area contributed by atoms with Crippen molar-refractivity contribution in [2.75, 3.05) is 18.5 Å². The summed E-state index contributed by atoms with van der Waals surface area (Å²) in [6.45, 7) is 1.05. The van der Waals surface area contributed by atoms with Gasteiger partial charge >= 0.3 is 0 Å². The van der Waals surface area contributed by atoms with Gasteiger partial charge in [0.15, 0.2) is 23.7 Å². The topological polar surface area (TPSA) is 102 Å². The van der Waals surface area contributed by atoms with Crippen LogP contribution in [-0.2, 0) is 11.2 Å². The van der Waals surface area contributed by atoms with Crippen LogP contribution in [0.4, 0.5) is 5.82 Å². The summed E-state index contributed by atoms with van der Waals surface area (Å²) in [5.74, 6) is 1.67. The molecule has 0 aliphatic carbocycles. The van der Waals surface area contributed by atoms with E-state index < -0.39 is 0 Å². The van der Waals surface area contributed by atoms with E-state index in [1.54, 1.807) is 6.26 Å². The summed E-state index contributed by atoms with van der Waals surface area (Å²) in [4.78, 5) is 16.7. The van der Waals surface area contributed by atoms with Crippen LogP contribution in [0, 0.1) is 0 Å². The van der Waals surface area contributed by atoms with Gasteiger partial charge < -0.3 is 19.2 Å². The molecule has 0 atom stereocenters. The van der Waals surface area contributed by atoms with Crippen LogP contribution in [0.25, 0.3) is 22.2 Å². The van der Waals surface area contributed by atoms with E-state index in [-0.39, 0.29) is 12.3 Å². The van der Waals surface area contributed by atoms with Crippen LogP contribution >= 0.6 is 0 Å². The van der Waals surface area contributed by atoms with E-state index in [9.17, 15) is 4.79 Å². The lowest BCUT2D eigenvalue weighted by Crippen LogP contribution is -2.17. The van der Waals surface area contributed by atoms with Crippen LogP contribution in [-0.4, -0.2) is 34.3 Å². The highest BCUT2D eigenvalue weighted by Gasteiger charge is 2.15. The summed E-state index contributed by atoms with van der Waals surface area (Å²) in [6.07, 6.45) is 3.15. The van der Waals surface area contributed by atoms with Gasteiger partial charge in [-0.15, -0.1) is 0 Å². The smallest absolute Gasteiger partial charge is 0.230 e. The maximum absolute atomic E-state index is 12.5. The number of carbonyl (C=O) groups is 1. The molecule has 0 radical (unpaired) electrons. The number of benzene rings is 2. The largest absolute Gasteiger partial charge is 0.486 e. The molecule has 2 aromatic carbocycles. The third-order valence-electron chi connectivity index (χ3n) is 4.52. The van der Waals surface area contributed by atoms with E-state index in [1.807, 2.05) is 36.4 Å². The number of aromatic nitrogens is 3.